The summed E-state index contributed by atoms with van der Waals surface area (Å²) in [6.07, 6.45) is 4.21. The number of aromatic amines is 1. The van der Waals surface area contributed by atoms with Crippen LogP contribution in [0.5, 0.6) is 0 Å². The number of para-hydroxylation sites is 1. The maximum atomic E-state index is 16.3. The Bertz CT molecular complexity index is 2060. The second-order valence-electron chi connectivity index (χ2n) is 13.8. The molecule has 0 aliphatic carbocycles. The number of hydrogen-bond acceptors (Lipinski definition) is 6. The van der Waals surface area contributed by atoms with Gasteiger partial charge in [0, 0.05) is 70.1 Å². The number of rotatable bonds is 11. The first-order valence-corrected chi connectivity index (χ1v) is 20.6. The van der Waals surface area contributed by atoms with E-state index in [2.05, 4.69) is 36.5 Å². The third-order valence-electron chi connectivity index (χ3n) is 10.1. The normalized spacial score (nSPS) is 21.8. The highest BCUT2D eigenvalue weighted by molar-refractivity contribution is 9.10. The maximum absolute atomic E-state index is 16.3. The van der Waals surface area contributed by atoms with Crippen LogP contribution < -0.4 is 10.2 Å². The van der Waals surface area contributed by atoms with Crippen LogP contribution in [-0.2, 0) is 45.9 Å². The molecule has 4 atom stereocenters. The molecule has 0 unspecified atom stereocenters. The molecule has 7 rings (SSSR count). The number of hydrogen-bond donors (Lipinski definition) is 3. The van der Waals surface area contributed by atoms with Crippen molar-refractivity contribution in [3.63, 3.8) is 0 Å². The summed E-state index contributed by atoms with van der Waals surface area (Å²) >= 11 is 3.61. The number of benzene rings is 3. The second-order valence-corrected chi connectivity index (χ2v) is 18.6. The number of H-pyrrole nitrogens is 1. The Kier molecular flexibility index (Phi) is 9.26. The Balaban J connectivity index is 1.13. The molecule has 1 fully saturated rings. The molecule has 10 nitrogen and oxygen atoms in total. The number of amides is 2. The highest BCUT2D eigenvalue weighted by atomic mass is 79.9. The number of nitrogens with zero attached hydrogens (tertiary/aromatic N) is 4. The minimum Gasteiger partial charge on any atom is -0.396 e. The van der Waals surface area contributed by atoms with Crippen LogP contribution in [0.25, 0.3) is 10.9 Å². The Hall–Kier alpha value is -4.17. The lowest BCUT2D eigenvalue weighted by Crippen LogP contribution is -2.45. The number of carbonyl (C=O) groups excluding carboxylic acids is 2. The molecular weight excluding hydrogens is 719 g/mol. The minimum atomic E-state index is -3.34. The molecule has 13 heteroatoms. The van der Waals surface area contributed by atoms with Gasteiger partial charge in [-0.1, -0.05) is 58.4 Å². The van der Waals surface area contributed by atoms with Crippen molar-refractivity contribution in [2.75, 3.05) is 16.8 Å². The fourth-order valence-corrected chi connectivity index (χ4v) is 10.9. The van der Waals surface area contributed by atoms with Gasteiger partial charge in [0.2, 0.25) is 14.3 Å². The van der Waals surface area contributed by atoms with Gasteiger partial charge in [-0.2, -0.15) is 0 Å². The van der Waals surface area contributed by atoms with Crippen LogP contribution in [0.3, 0.4) is 0 Å². The van der Waals surface area contributed by atoms with Gasteiger partial charge in [0.25, 0.3) is 5.91 Å². The zero-order valence-corrected chi connectivity index (χ0v) is 30.8. The summed E-state index contributed by atoms with van der Waals surface area (Å²) in [5, 5.41) is 21.6. The van der Waals surface area contributed by atoms with Gasteiger partial charge in [0.1, 0.15) is 0 Å². The van der Waals surface area contributed by atoms with E-state index in [1.165, 1.54) is 0 Å². The molecule has 2 aliphatic heterocycles. The summed E-state index contributed by atoms with van der Waals surface area (Å²) in [7, 11) is -3.34. The van der Waals surface area contributed by atoms with Crippen LogP contribution in [0, 0.1) is 5.92 Å². The number of aliphatic hydroxyl groups is 1. The molecule has 4 heterocycles. The van der Waals surface area contributed by atoms with Crippen molar-refractivity contribution in [1.82, 2.24) is 20.0 Å². The lowest BCUT2D eigenvalue weighted by molar-refractivity contribution is -0.146. The molecule has 1 spiro atoms. The van der Waals surface area contributed by atoms with Gasteiger partial charge in [-0.3, -0.25) is 14.3 Å². The number of aliphatic hydroxyl groups excluding tert-OH is 1. The van der Waals surface area contributed by atoms with Gasteiger partial charge >= 0.3 is 0 Å². The van der Waals surface area contributed by atoms with Gasteiger partial charge in [-0.05, 0) is 67.0 Å². The van der Waals surface area contributed by atoms with Crippen molar-refractivity contribution in [2.45, 2.75) is 69.6 Å². The number of aryl methyl sites for hydroxylation is 1. The predicted molar refractivity (Wildman–Crippen MR) is 196 cm³/mol. The van der Waals surface area contributed by atoms with E-state index in [1.807, 2.05) is 79.9 Å². The van der Waals surface area contributed by atoms with Gasteiger partial charge in [0.15, 0.2) is 5.60 Å². The van der Waals surface area contributed by atoms with E-state index < -0.39 is 31.6 Å². The number of ether oxygens (including phenoxy) is 1. The van der Waals surface area contributed by atoms with Crippen molar-refractivity contribution in [2.24, 2.45) is 5.92 Å². The van der Waals surface area contributed by atoms with Crippen molar-refractivity contribution in [1.29, 1.82) is 0 Å². The highest BCUT2D eigenvalue weighted by Crippen LogP contribution is 2.60. The third kappa shape index (κ3) is 6.31. The molecule has 0 radical (unpaired) electrons. The zero-order chi connectivity index (χ0) is 35.2. The molecule has 3 N–H and O–H groups in total. The monoisotopic (exact) mass is 758 g/mol. The predicted octanol–water partition coefficient (Wildman–Crippen LogP) is 6.65. The van der Waals surface area contributed by atoms with E-state index in [-0.39, 0.29) is 31.4 Å². The van der Waals surface area contributed by atoms with Crippen LogP contribution in [-0.4, -0.2) is 58.0 Å². The van der Waals surface area contributed by atoms with Crippen LogP contribution in [0.15, 0.2) is 83.6 Å². The molecule has 3 aromatic carbocycles. The van der Waals surface area contributed by atoms with Crippen LogP contribution in [0.1, 0.15) is 35.7 Å². The van der Waals surface area contributed by atoms with Crippen LogP contribution >= 0.6 is 15.9 Å². The molecular formula is C37H40BrFN6O4Si. The smallest absolute Gasteiger partial charge is 0.264 e. The number of aromatic nitrogens is 4. The van der Waals surface area contributed by atoms with E-state index in [0.717, 1.165) is 37.8 Å². The van der Waals surface area contributed by atoms with E-state index in [1.54, 1.807) is 28.9 Å². The molecule has 2 amide bonds. The van der Waals surface area contributed by atoms with E-state index >= 15 is 4.11 Å². The lowest BCUT2D eigenvalue weighted by atomic mass is 9.82. The summed E-state index contributed by atoms with van der Waals surface area (Å²) in [5.41, 5.74) is 3.69. The number of nitrogens with one attached hydrogen (secondary N) is 2. The van der Waals surface area contributed by atoms with Crippen molar-refractivity contribution < 1.29 is 23.5 Å². The van der Waals surface area contributed by atoms with Crippen LogP contribution in [0.4, 0.5) is 15.5 Å². The summed E-state index contributed by atoms with van der Waals surface area (Å²) in [6.45, 7) is 5.99. The van der Waals surface area contributed by atoms with Crippen molar-refractivity contribution in [3.05, 3.63) is 106 Å². The summed E-state index contributed by atoms with van der Waals surface area (Å²) in [4.78, 5) is 32.8. The van der Waals surface area contributed by atoms with E-state index in [9.17, 15) is 14.7 Å². The number of halogens is 2. The molecule has 260 valence electrons. The van der Waals surface area contributed by atoms with E-state index in [4.69, 9.17) is 4.74 Å². The van der Waals surface area contributed by atoms with Crippen molar-refractivity contribution in [3.8, 4) is 0 Å². The van der Waals surface area contributed by atoms with Gasteiger partial charge in [-0.15, -0.1) is 5.10 Å². The minimum absolute atomic E-state index is 0.0213. The Labute approximate surface area is 299 Å². The first-order valence-electron chi connectivity index (χ1n) is 16.9. The second kappa shape index (κ2) is 13.5. The fraction of sp³-hybridized carbons (Fsp3) is 0.351. The quantitative estimate of drug-likeness (QED) is 0.102. The summed E-state index contributed by atoms with van der Waals surface area (Å²) in [6, 6.07) is 21.1. The van der Waals surface area contributed by atoms with Crippen LogP contribution in [0.2, 0.25) is 18.6 Å². The Morgan fingerprint density at radius 3 is 2.78 bits per heavy atom. The fourth-order valence-electron chi connectivity index (χ4n) is 7.97. The molecule has 2 aromatic heterocycles. The average Bonchev–Trinajstić information content (AvgIpc) is 3.82. The third-order valence-corrected chi connectivity index (χ3v) is 13.0. The zero-order valence-electron chi connectivity index (χ0n) is 28.2. The average molecular weight is 760 g/mol. The molecule has 2 aliphatic rings. The SMILES string of the molecule is C[C@@H]1[C@@H]([Si](C)(C)F)[C@H](CCn2cc(CCO)nn2)O[C@@]12C(=O)N(Cc1cccc(NC(=O)Cc3c[nH]c4ccccc34)c1)c1ccc(Br)cc12. The van der Waals surface area contributed by atoms with Crippen molar-refractivity contribution >= 4 is 58.4 Å². The maximum Gasteiger partial charge on any atom is 0.264 e. The van der Waals surface area contributed by atoms with E-state index in [0.29, 0.717) is 30.8 Å². The molecule has 1 saturated heterocycles. The molecule has 5 aromatic rings. The largest absolute Gasteiger partial charge is 0.396 e. The first kappa shape index (κ1) is 34.3. The molecule has 50 heavy (non-hydrogen) atoms. The highest BCUT2D eigenvalue weighted by Gasteiger charge is 2.66. The molecule has 0 saturated carbocycles. The standard InChI is InChI=1S/C37H40BrFN6O4Si/c1-23-35(50(2,3)39)33(13-15-44-22-28(14-16-46)42-43-44)49-37(23)30-19-26(38)11-12-32(30)45(36(37)48)21-24-7-6-8-27(17-24)41-34(47)18-25-20-40-31-10-5-4-9-29(25)31/h4-12,17,19-20,22-23,33,35,40,46H,13-16,18,21H2,1-3H3,(H,41,47)/t23-,33+,35-,37+/m1/s1. The first-order chi connectivity index (χ1) is 24.0. The Morgan fingerprint density at radius 1 is 1.16 bits per heavy atom. The molecule has 0 bridgehead atoms. The number of carbonyl (C=O) groups is 2. The van der Waals surface area contributed by atoms with Gasteiger partial charge in [0.05, 0.1) is 30.5 Å². The van der Waals surface area contributed by atoms with Gasteiger partial charge < -0.3 is 29.2 Å². The number of anilines is 2. The summed E-state index contributed by atoms with van der Waals surface area (Å²) < 4.78 is 25.6. The lowest BCUT2D eigenvalue weighted by Gasteiger charge is -2.31. The van der Waals surface area contributed by atoms with Gasteiger partial charge in [-0.25, -0.2) is 0 Å². The summed E-state index contributed by atoms with van der Waals surface area (Å²) in [5.74, 6) is -0.791. The Morgan fingerprint density at radius 2 is 1.98 bits per heavy atom. The number of fused-ring (bicyclic) bond motifs is 3. The topological polar surface area (TPSA) is 125 Å².